The number of methoxy groups -OCH3 is 1. The average molecular weight is 380 g/mol. The van der Waals surface area contributed by atoms with Gasteiger partial charge in [-0.15, -0.1) is 0 Å². The second-order valence-corrected chi connectivity index (χ2v) is 5.57. The molecule has 0 radical (unpaired) electrons. The quantitative estimate of drug-likeness (QED) is 0.574. The van der Waals surface area contributed by atoms with Crippen LogP contribution in [0.3, 0.4) is 0 Å². The van der Waals surface area contributed by atoms with E-state index in [-0.39, 0.29) is 23.1 Å². The van der Waals surface area contributed by atoms with Gasteiger partial charge in [-0.3, -0.25) is 0 Å². The first-order valence-corrected chi connectivity index (χ1v) is 7.75. The fourth-order valence-corrected chi connectivity index (χ4v) is 2.47. The summed E-state index contributed by atoms with van der Waals surface area (Å²) in [6, 6.07) is 11.0. The molecule has 1 heterocycles. The highest BCUT2D eigenvalue weighted by atomic mass is 35.5. The van der Waals surface area contributed by atoms with Gasteiger partial charge in [0.15, 0.2) is 17.2 Å². The van der Waals surface area contributed by atoms with E-state index in [1.807, 2.05) is 0 Å². The van der Waals surface area contributed by atoms with Gasteiger partial charge in [0.25, 0.3) is 0 Å². The van der Waals surface area contributed by atoms with Crippen LogP contribution in [0.1, 0.15) is 11.1 Å². The van der Waals surface area contributed by atoms with Crippen LogP contribution >= 0.6 is 11.6 Å². The molecule has 3 rings (SSSR count). The number of cyclic esters (lactones) is 1. The molecule has 0 fully saturated rings. The van der Waals surface area contributed by atoms with Crippen molar-refractivity contribution in [2.45, 2.75) is 6.61 Å². The van der Waals surface area contributed by atoms with E-state index in [2.05, 4.69) is 9.73 Å². The molecule has 2 aromatic carbocycles. The predicted octanol–water partition coefficient (Wildman–Crippen LogP) is 4.29. The second-order valence-electron chi connectivity index (χ2n) is 5.14. The highest BCUT2D eigenvalue weighted by molar-refractivity contribution is 6.31. The van der Waals surface area contributed by atoms with Gasteiger partial charge in [0.2, 0.25) is 5.90 Å². The number of benzene rings is 2. The lowest BCUT2D eigenvalue weighted by Gasteiger charge is -2.10. The molecule has 0 saturated heterocycles. The van der Waals surface area contributed by atoms with Crippen LogP contribution in [0.15, 0.2) is 53.2 Å². The number of carbonyl (C=O) groups excluding carboxylic acids is 1. The number of aliphatic imine (C=N–C) groups is 1. The van der Waals surface area contributed by atoms with E-state index >= 15 is 0 Å². The van der Waals surface area contributed by atoms with Crippen LogP contribution < -0.4 is 9.47 Å². The van der Waals surface area contributed by atoms with Gasteiger partial charge in [-0.2, -0.15) is 8.78 Å². The van der Waals surface area contributed by atoms with Gasteiger partial charge in [0, 0.05) is 10.6 Å². The summed E-state index contributed by atoms with van der Waals surface area (Å²) in [5.74, 6) is -0.507. The molecule has 0 unspecified atom stereocenters. The minimum atomic E-state index is -2.97. The van der Waals surface area contributed by atoms with E-state index in [4.69, 9.17) is 21.1 Å². The minimum absolute atomic E-state index is 0.0598. The van der Waals surface area contributed by atoms with Crippen molar-refractivity contribution in [3.05, 3.63) is 64.3 Å². The summed E-state index contributed by atoms with van der Waals surface area (Å²) < 4.78 is 39.3. The first-order valence-electron chi connectivity index (χ1n) is 7.37. The lowest BCUT2D eigenvalue weighted by molar-refractivity contribution is -0.129. The molecular weight excluding hydrogens is 368 g/mol. The van der Waals surface area contributed by atoms with Gasteiger partial charge < -0.3 is 14.2 Å². The Labute approximate surface area is 152 Å². The maximum absolute atomic E-state index is 12.4. The molecule has 0 atom stereocenters. The third kappa shape index (κ3) is 4.00. The van der Waals surface area contributed by atoms with E-state index in [9.17, 15) is 13.6 Å². The Kier molecular flexibility index (Phi) is 5.18. The summed E-state index contributed by atoms with van der Waals surface area (Å²) in [6.07, 6.45) is 1.45. The molecule has 2 aromatic rings. The summed E-state index contributed by atoms with van der Waals surface area (Å²) in [4.78, 5) is 16.2. The zero-order valence-electron chi connectivity index (χ0n) is 13.4. The standard InChI is InChI=1S/C18H12ClF2NO4/c1-24-15-8-10(5-6-14(15)25-18(20)21)7-13-17(23)26-16(22-13)11-3-2-4-12(19)9-11/h2-9,18H,1H3/b13-7-. The Balaban J connectivity index is 1.90. The maximum Gasteiger partial charge on any atom is 0.387 e. The van der Waals surface area contributed by atoms with Crippen molar-refractivity contribution >= 4 is 29.5 Å². The first kappa shape index (κ1) is 17.9. The minimum Gasteiger partial charge on any atom is -0.493 e. The molecule has 5 nitrogen and oxygen atoms in total. The van der Waals surface area contributed by atoms with E-state index in [0.29, 0.717) is 16.1 Å². The number of hydrogen-bond donors (Lipinski definition) is 0. The molecule has 0 amide bonds. The lowest BCUT2D eigenvalue weighted by Crippen LogP contribution is -2.05. The summed E-state index contributed by atoms with van der Waals surface area (Å²) >= 11 is 5.92. The topological polar surface area (TPSA) is 57.1 Å². The third-order valence-electron chi connectivity index (χ3n) is 3.40. The van der Waals surface area contributed by atoms with Gasteiger partial charge in [0.1, 0.15) is 0 Å². The van der Waals surface area contributed by atoms with Crippen LogP contribution in [-0.2, 0) is 9.53 Å². The van der Waals surface area contributed by atoms with Crippen molar-refractivity contribution in [2.75, 3.05) is 7.11 Å². The van der Waals surface area contributed by atoms with E-state index in [1.165, 1.54) is 31.4 Å². The molecule has 0 saturated carbocycles. The molecule has 1 aliphatic heterocycles. The Morgan fingerprint density at radius 1 is 1.19 bits per heavy atom. The molecule has 26 heavy (non-hydrogen) atoms. The number of carbonyl (C=O) groups is 1. The molecular formula is C18H12ClF2NO4. The average Bonchev–Trinajstić information content (AvgIpc) is 2.96. The molecule has 0 aromatic heterocycles. The Bertz CT molecular complexity index is 912. The van der Waals surface area contributed by atoms with Gasteiger partial charge in [-0.25, -0.2) is 9.79 Å². The van der Waals surface area contributed by atoms with Crippen LogP contribution in [0.2, 0.25) is 5.02 Å². The van der Waals surface area contributed by atoms with Crippen LogP contribution in [0.25, 0.3) is 6.08 Å². The highest BCUT2D eigenvalue weighted by Crippen LogP contribution is 2.31. The molecule has 134 valence electrons. The summed E-state index contributed by atoms with van der Waals surface area (Å²) in [7, 11) is 1.32. The molecule has 0 N–H and O–H groups in total. The summed E-state index contributed by atoms with van der Waals surface area (Å²) in [6.45, 7) is -2.97. The Morgan fingerprint density at radius 2 is 2.00 bits per heavy atom. The normalized spacial score (nSPS) is 15.2. The van der Waals surface area contributed by atoms with E-state index < -0.39 is 12.6 Å². The van der Waals surface area contributed by atoms with Crippen LogP contribution in [0, 0.1) is 0 Å². The number of ether oxygens (including phenoxy) is 3. The maximum atomic E-state index is 12.4. The monoisotopic (exact) mass is 379 g/mol. The summed E-state index contributed by atoms with van der Waals surface area (Å²) in [5.41, 5.74) is 1.13. The van der Waals surface area contributed by atoms with Crippen molar-refractivity contribution in [2.24, 2.45) is 4.99 Å². The number of alkyl halides is 2. The number of esters is 1. The van der Waals surface area contributed by atoms with Gasteiger partial charge >= 0.3 is 12.6 Å². The van der Waals surface area contributed by atoms with Crippen molar-refractivity contribution in [3.63, 3.8) is 0 Å². The Morgan fingerprint density at radius 3 is 2.69 bits per heavy atom. The number of rotatable bonds is 5. The zero-order valence-corrected chi connectivity index (χ0v) is 14.2. The van der Waals surface area contributed by atoms with Crippen molar-refractivity contribution in [3.8, 4) is 11.5 Å². The van der Waals surface area contributed by atoms with Gasteiger partial charge in [-0.05, 0) is 42.0 Å². The number of nitrogens with zero attached hydrogens (tertiary/aromatic N) is 1. The Hall–Kier alpha value is -2.93. The molecule has 0 aliphatic carbocycles. The van der Waals surface area contributed by atoms with Crippen LogP contribution in [0.5, 0.6) is 11.5 Å². The molecule has 0 bridgehead atoms. The highest BCUT2D eigenvalue weighted by Gasteiger charge is 2.24. The molecule has 8 heteroatoms. The van der Waals surface area contributed by atoms with E-state index in [1.54, 1.807) is 24.3 Å². The van der Waals surface area contributed by atoms with Gasteiger partial charge in [-0.1, -0.05) is 23.7 Å². The number of hydrogen-bond acceptors (Lipinski definition) is 5. The predicted molar refractivity (Wildman–Crippen MR) is 91.7 cm³/mol. The molecule has 0 spiro atoms. The summed E-state index contributed by atoms with van der Waals surface area (Å²) in [5, 5.41) is 0.484. The smallest absolute Gasteiger partial charge is 0.387 e. The SMILES string of the molecule is COc1cc(/C=C2\N=C(c3cccc(Cl)c3)OC2=O)ccc1OC(F)F. The van der Waals surface area contributed by atoms with Crippen LogP contribution in [-0.4, -0.2) is 25.6 Å². The van der Waals surface area contributed by atoms with E-state index in [0.717, 1.165) is 0 Å². The molecule has 1 aliphatic rings. The largest absolute Gasteiger partial charge is 0.493 e. The number of halogens is 3. The fourth-order valence-electron chi connectivity index (χ4n) is 2.28. The van der Waals surface area contributed by atoms with Crippen molar-refractivity contribution in [1.82, 2.24) is 0 Å². The van der Waals surface area contributed by atoms with Gasteiger partial charge in [0.05, 0.1) is 7.11 Å². The first-order chi connectivity index (χ1) is 12.5. The lowest BCUT2D eigenvalue weighted by atomic mass is 10.1. The fraction of sp³-hybridized carbons (Fsp3) is 0.111. The zero-order chi connectivity index (χ0) is 18.7. The van der Waals surface area contributed by atoms with Crippen molar-refractivity contribution in [1.29, 1.82) is 0 Å². The van der Waals surface area contributed by atoms with Crippen LogP contribution in [0.4, 0.5) is 8.78 Å². The second kappa shape index (κ2) is 7.53. The third-order valence-corrected chi connectivity index (χ3v) is 3.63. The van der Waals surface area contributed by atoms with Crippen molar-refractivity contribution < 1.29 is 27.8 Å².